The molecule has 0 atom stereocenters. The highest BCUT2D eigenvalue weighted by Crippen LogP contribution is 2.39. The lowest BCUT2D eigenvalue weighted by atomic mass is 10.0. The summed E-state index contributed by atoms with van der Waals surface area (Å²) in [6.45, 7) is 6.32. The van der Waals surface area contributed by atoms with Gasteiger partial charge in [0, 0.05) is 16.5 Å². The SMILES string of the molecule is Cc1cc(Br)c2c(c1)OC(C)(C)C2. The summed E-state index contributed by atoms with van der Waals surface area (Å²) in [5.74, 6) is 1.04. The van der Waals surface area contributed by atoms with Gasteiger partial charge in [-0.15, -0.1) is 0 Å². The van der Waals surface area contributed by atoms with E-state index in [1.54, 1.807) is 0 Å². The average Bonchev–Trinajstić information content (AvgIpc) is 2.23. The van der Waals surface area contributed by atoms with Crippen LogP contribution >= 0.6 is 15.9 Å². The zero-order chi connectivity index (χ0) is 9.64. The zero-order valence-electron chi connectivity index (χ0n) is 8.15. The normalized spacial score (nSPS) is 18.2. The molecular formula is C11H13BrO. The maximum absolute atomic E-state index is 5.83. The lowest BCUT2D eigenvalue weighted by Crippen LogP contribution is -2.24. The van der Waals surface area contributed by atoms with Gasteiger partial charge in [-0.1, -0.05) is 15.9 Å². The third-order valence-corrected chi connectivity index (χ3v) is 3.00. The minimum absolute atomic E-state index is 0.0430. The maximum atomic E-state index is 5.83. The van der Waals surface area contributed by atoms with Crippen LogP contribution in [0.5, 0.6) is 5.75 Å². The molecule has 2 rings (SSSR count). The Morgan fingerprint density at radius 2 is 2.08 bits per heavy atom. The maximum Gasteiger partial charge on any atom is 0.124 e. The summed E-state index contributed by atoms with van der Waals surface area (Å²) >= 11 is 3.57. The minimum atomic E-state index is -0.0430. The highest BCUT2D eigenvalue weighted by Gasteiger charge is 2.31. The Bertz CT molecular complexity index is 355. The summed E-state index contributed by atoms with van der Waals surface area (Å²) in [6, 6.07) is 4.25. The van der Waals surface area contributed by atoms with Gasteiger partial charge in [-0.3, -0.25) is 0 Å². The smallest absolute Gasteiger partial charge is 0.124 e. The number of ether oxygens (including phenoxy) is 1. The first-order valence-corrected chi connectivity index (χ1v) is 5.25. The van der Waals surface area contributed by atoms with Crippen molar-refractivity contribution in [3.8, 4) is 5.75 Å². The number of aryl methyl sites for hydroxylation is 1. The van der Waals surface area contributed by atoms with Gasteiger partial charge in [0.25, 0.3) is 0 Å². The van der Waals surface area contributed by atoms with Crippen molar-refractivity contribution in [1.82, 2.24) is 0 Å². The third kappa shape index (κ3) is 1.60. The molecule has 0 aliphatic carbocycles. The van der Waals surface area contributed by atoms with E-state index >= 15 is 0 Å². The topological polar surface area (TPSA) is 9.23 Å². The van der Waals surface area contributed by atoms with Gasteiger partial charge in [0.2, 0.25) is 0 Å². The van der Waals surface area contributed by atoms with Gasteiger partial charge in [-0.2, -0.15) is 0 Å². The van der Waals surface area contributed by atoms with Crippen LogP contribution in [0, 0.1) is 6.92 Å². The highest BCUT2D eigenvalue weighted by atomic mass is 79.9. The van der Waals surface area contributed by atoms with E-state index in [2.05, 4.69) is 48.8 Å². The first-order chi connectivity index (χ1) is 5.98. The van der Waals surface area contributed by atoms with Crippen molar-refractivity contribution in [2.75, 3.05) is 0 Å². The molecule has 0 fully saturated rings. The van der Waals surface area contributed by atoms with Crippen molar-refractivity contribution in [2.24, 2.45) is 0 Å². The number of hydrogen-bond acceptors (Lipinski definition) is 1. The van der Waals surface area contributed by atoms with Crippen molar-refractivity contribution >= 4 is 15.9 Å². The second-order valence-electron chi connectivity index (χ2n) is 4.26. The van der Waals surface area contributed by atoms with E-state index < -0.39 is 0 Å². The van der Waals surface area contributed by atoms with Crippen molar-refractivity contribution in [2.45, 2.75) is 32.8 Å². The molecule has 1 heterocycles. The Morgan fingerprint density at radius 1 is 1.38 bits per heavy atom. The van der Waals surface area contributed by atoms with E-state index in [1.165, 1.54) is 15.6 Å². The molecule has 1 aliphatic heterocycles. The monoisotopic (exact) mass is 240 g/mol. The molecule has 0 spiro atoms. The Kier molecular flexibility index (Phi) is 1.91. The minimum Gasteiger partial charge on any atom is -0.487 e. The highest BCUT2D eigenvalue weighted by molar-refractivity contribution is 9.10. The van der Waals surface area contributed by atoms with Crippen LogP contribution in [0.3, 0.4) is 0 Å². The van der Waals surface area contributed by atoms with Crippen LogP contribution in [0.1, 0.15) is 25.0 Å². The van der Waals surface area contributed by atoms with Gasteiger partial charge < -0.3 is 4.74 Å². The van der Waals surface area contributed by atoms with Crippen molar-refractivity contribution < 1.29 is 4.74 Å². The van der Waals surface area contributed by atoms with Gasteiger partial charge in [-0.25, -0.2) is 0 Å². The molecule has 0 saturated carbocycles. The molecular weight excluding hydrogens is 228 g/mol. The number of benzene rings is 1. The van der Waals surface area contributed by atoms with Crippen LogP contribution in [0.2, 0.25) is 0 Å². The van der Waals surface area contributed by atoms with E-state index in [9.17, 15) is 0 Å². The summed E-state index contributed by atoms with van der Waals surface area (Å²) in [7, 11) is 0. The van der Waals surface area contributed by atoms with Crippen LogP contribution in [-0.2, 0) is 6.42 Å². The van der Waals surface area contributed by atoms with E-state index in [4.69, 9.17) is 4.74 Å². The lowest BCUT2D eigenvalue weighted by molar-refractivity contribution is 0.138. The van der Waals surface area contributed by atoms with Crippen LogP contribution in [0.25, 0.3) is 0 Å². The van der Waals surface area contributed by atoms with Gasteiger partial charge in [0.15, 0.2) is 0 Å². The van der Waals surface area contributed by atoms with Crippen LogP contribution in [-0.4, -0.2) is 5.60 Å². The molecule has 1 nitrogen and oxygen atoms in total. The number of fused-ring (bicyclic) bond motifs is 1. The summed E-state index contributed by atoms with van der Waals surface area (Å²) in [5, 5.41) is 0. The summed E-state index contributed by atoms with van der Waals surface area (Å²) in [4.78, 5) is 0. The van der Waals surface area contributed by atoms with Gasteiger partial charge in [-0.05, 0) is 38.5 Å². The summed E-state index contributed by atoms with van der Waals surface area (Å²) in [5.41, 5.74) is 2.50. The summed E-state index contributed by atoms with van der Waals surface area (Å²) < 4.78 is 7.00. The van der Waals surface area contributed by atoms with Crippen LogP contribution in [0.15, 0.2) is 16.6 Å². The van der Waals surface area contributed by atoms with E-state index in [0.717, 1.165) is 12.2 Å². The molecule has 0 radical (unpaired) electrons. The quantitative estimate of drug-likeness (QED) is 0.675. The van der Waals surface area contributed by atoms with Gasteiger partial charge in [0.05, 0.1) is 0 Å². The molecule has 0 N–H and O–H groups in total. The predicted molar refractivity (Wildman–Crippen MR) is 57.3 cm³/mol. The first kappa shape index (κ1) is 9.07. The molecule has 0 bridgehead atoms. The standard InChI is InChI=1S/C11H13BrO/c1-7-4-9(12)8-6-11(2,3)13-10(8)5-7/h4-5H,6H2,1-3H3. The van der Waals surface area contributed by atoms with Crippen molar-refractivity contribution in [3.05, 3.63) is 27.7 Å². The summed E-state index contributed by atoms with van der Waals surface area (Å²) in [6.07, 6.45) is 0.989. The number of hydrogen-bond donors (Lipinski definition) is 0. The molecule has 0 amide bonds. The fourth-order valence-electron chi connectivity index (χ4n) is 1.76. The van der Waals surface area contributed by atoms with Crippen molar-refractivity contribution in [1.29, 1.82) is 0 Å². The molecule has 0 unspecified atom stereocenters. The second-order valence-corrected chi connectivity index (χ2v) is 5.12. The molecule has 13 heavy (non-hydrogen) atoms. The molecule has 1 aromatic rings. The molecule has 70 valence electrons. The van der Waals surface area contributed by atoms with Gasteiger partial charge >= 0.3 is 0 Å². The average molecular weight is 241 g/mol. The second kappa shape index (κ2) is 2.74. The number of halogens is 1. The molecule has 1 aliphatic rings. The Hall–Kier alpha value is -0.500. The Labute approximate surface area is 87.2 Å². The Balaban J connectivity index is 2.52. The van der Waals surface area contributed by atoms with E-state index in [-0.39, 0.29) is 5.60 Å². The third-order valence-electron chi connectivity index (χ3n) is 2.29. The fourth-order valence-corrected chi connectivity index (χ4v) is 2.46. The lowest BCUT2D eigenvalue weighted by Gasteiger charge is -2.16. The van der Waals surface area contributed by atoms with E-state index in [1.807, 2.05) is 0 Å². The molecule has 2 heteroatoms. The van der Waals surface area contributed by atoms with E-state index in [0.29, 0.717) is 0 Å². The van der Waals surface area contributed by atoms with Gasteiger partial charge in [0.1, 0.15) is 11.4 Å². The fraction of sp³-hybridized carbons (Fsp3) is 0.455. The zero-order valence-corrected chi connectivity index (χ0v) is 9.73. The first-order valence-electron chi connectivity index (χ1n) is 4.46. The number of rotatable bonds is 0. The predicted octanol–water partition coefficient (Wildman–Crippen LogP) is 3.47. The Morgan fingerprint density at radius 3 is 2.77 bits per heavy atom. The van der Waals surface area contributed by atoms with Crippen LogP contribution in [0.4, 0.5) is 0 Å². The largest absolute Gasteiger partial charge is 0.487 e. The molecule has 0 saturated heterocycles. The van der Waals surface area contributed by atoms with Crippen molar-refractivity contribution in [3.63, 3.8) is 0 Å². The van der Waals surface area contributed by atoms with Crippen LogP contribution < -0.4 is 4.74 Å². The molecule has 0 aromatic heterocycles. The molecule has 1 aromatic carbocycles.